The average molecular weight is 500 g/mol. The Bertz CT molecular complexity index is 1140. The fraction of sp³-hybridized carbons (Fsp3) is 0.360. The van der Waals surface area contributed by atoms with Crippen molar-refractivity contribution in [3.8, 4) is 5.69 Å². The molecule has 0 aliphatic carbocycles. The van der Waals surface area contributed by atoms with Crippen molar-refractivity contribution in [3.63, 3.8) is 0 Å². The second-order valence-corrected chi connectivity index (χ2v) is 9.32. The van der Waals surface area contributed by atoms with E-state index in [0.717, 1.165) is 62.9 Å². The van der Waals surface area contributed by atoms with E-state index >= 15 is 0 Å². The zero-order valence-corrected chi connectivity index (χ0v) is 20.3. The Kier molecular flexibility index (Phi) is 7.10. The number of benzene rings is 1. The largest absolute Gasteiger partial charge is 0.379 e. The topological polar surface area (TPSA) is 45.6 Å². The summed E-state index contributed by atoms with van der Waals surface area (Å²) in [5.41, 5.74) is 2.77. The Morgan fingerprint density at radius 2 is 1.97 bits per heavy atom. The third-order valence-corrected chi connectivity index (χ3v) is 7.08. The van der Waals surface area contributed by atoms with Crippen molar-refractivity contribution >= 4 is 28.9 Å². The molecule has 2 aromatic heterocycles. The number of hydrogen-bond acceptors (Lipinski definition) is 4. The molecule has 5 rings (SSSR count). The molecule has 0 spiro atoms. The van der Waals surface area contributed by atoms with Crippen LogP contribution in [0.1, 0.15) is 29.9 Å². The Labute approximate surface area is 209 Å². The SMILES string of the molecule is Fc1ccc(-n2cccc2C2C(c3ccccn3)NC(=S)N2CCCN2CCOCC2)cc1Cl. The first kappa shape index (κ1) is 23.2. The summed E-state index contributed by atoms with van der Waals surface area (Å²) in [5.74, 6) is -0.432. The molecule has 0 bridgehead atoms. The lowest BCUT2D eigenvalue weighted by Gasteiger charge is -2.31. The molecule has 2 aliphatic rings. The van der Waals surface area contributed by atoms with Crippen LogP contribution < -0.4 is 5.32 Å². The smallest absolute Gasteiger partial charge is 0.170 e. The fourth-order valence-electron chi connectivity index (χ4n) is 4.76. The van der Waals surface area contributed by atoms with Crippen LogP contribution in [-0.2, 0) is 4.74 Å². The van der Waals surface area contributed by atoms with E-state index in [0.29, 0.717) is 5.11 Å². The molecule has 2 saturated heterocycles. The number of rotatable bonds is 7. The highest BCUT2D eigenvalue weighted by molar-refractivity contribution is 7.80. The van der Waals surface area contributed by atoms with Crippen molar-refractivity contribution in [3.05, 3.63) is 83.2 Å². The Morgan fingerprint density at radius 1 is 1.12 bits per heavy atom. The number of ether oxygens (including phenoxy) is 1. The molecule has 1 N–H and O–H groups in total. The van der Waals surface area contributed by atoms with E-state index < -0.39 is 5.82 Å². The maximum absolute atomic E-state index is 13.8. The first-order valence-electron chi connectivity index (χ1n) is 11.5. The fourth-order valence-corrected chi connectivity index (χ4v) is 5.27. The van der Waals surface area contributed by atoms with Gasteiger partial charge in [-0.15, -0.1) is 0 Å². The molecular weight excluding hydrogens is 473 g/mol. The number of nitrogens with one attached hydrogen (secondary N) is 1. The summed E-state index contributed by atoms with van der Waals surface area (Å²) in [6.07, 6.45) is 4.76. The van der Waals surface area contributed by atoms with Gasteiger partial charge in [-0.2, -0.15) is 0 Å². The lowest BCUT2D eigenvalue weighted by molar-refractivity contribution is 0.0365. The van der Waals surface area contributed by atoms with E-state index in [1.807, 2.05) is 30.5 Å². The number of aromatic nitrogens is 2. The monoisotopic (exact) mass is 499 g/mol. The van der Waals surface area contributed by atoms with Gasteiger partial charge in [-0.3, -0.25) is 9.88 Å². The molecule has 178 valence electrons. The van der Waals surface area contributed by atoms with Crippen LogP contribution in [0.2, 0.25) is 5.02 Å². The van der Waals surface area contributed by atoms with E-state index in [1.165, 1.54) is 6.07 Å². The van der Waals surface area contributed by atoms with E-state index in [2.05, 4.69) is 30.7 Å². The Morgan fingerprint density at radius 3 is 2.74 bits per heavy atom. The standard InChI is InChI=1S/C25H27ClFN5OS/c26-19-17-18(7-8-20(19)27)31-11-3-6-22(31)24-23(21-5-1-2-9-28-21)29-25(34)32(24)12-4-10-30-13-15-33-16-14-30/h1-3,5-9,11,17,23-24H,4,10,12-16H2,(H,29,34). The molecule has 2 fully saturated rings. The van der Waals surface area contributed by atoms with Gasteiger partial charge in [0.05, 0.1) is 36.0 Å². The van der Waals surface area contributed by atoms with Gasteiger partial charge >= 0.3 is 0 Å². The molecular formula is C25H27ClFN5OS. The third-order valence-electron chi connectivity index (χ3n) is 6.44. The van der Waals surface area contributed by atoms with Crippen LogP contribution in [0.5, 0.6) is 0 Å². The summed E-state index contributed by atoms with van der Waals surface area (Å²) in [4.78, 5) is 9.31. The van der Waals surface area contributed by atoms with Crippen molar-refractivity contribution in [2.75, 3.05) is 39.4 Å². The highest BCUT2D eigenvalue weighted by atomic mass is 35.5. The van der Waals surface area contributed by atoms with Crippen LogP contribution in [-0.4, -0.2) is 63.9 Å². The molecule has 6 nitrogen and oxygen atoms in total. The Balaban J connectivity index is 1.45. The zero-order chi connectivity index (χ0) is 23.5. The normalized spacial score (nSPS) is 21.1. The molecule has 0 amide bonds. The number of thiocarbonyl (C=S) groups is 1. The maximum atomic E-state index is 13.8. The number of pyridine rings is 1. The van der Waals surface area contributed by atoms with E-state index in [1.54, 1.807) is 18.3 Å². The number of morpholine rings is 1. The lowest BCUT2D eigenvalue weighted by atomic mass is 10.0. The van der Waals surface area contributed by atoms with Crippen LogP contribution in [0.25, 0.3) is 5.69 Å². The van der Waals surface area contributed by atoms with Crippen LogP contribution in [0, 0.1) is 5.82 Å². The number of halogens is 2. The van der Waals surface area contributed by atoms with Gasteiger partial charge in [-0.25, -0.2) is 4.39 Å². The average Bonchev–Trinajstić information content (AvgIpc) is 3.47. The van der Waals surface area contributed by atoms with Gasteiger partial charge < -0.3 is 19.5 Å². The second-order valence-electron chi connectivity index (χ2n) is 8.53. The van der Waals surface area contributed by atoms with Gasteiger partial charge in [0.25, 0.3) is 0 Å². The van der Waals surface area contributed by atoms with Crippen LogP contribution in [0.3, 0.4) is 0 Å². The third kappa shape index (κ3) is 4.81. The highest BCUT2D eigenvalue weighted by Crippen LogP contribution is 2.39. The minimum Gasteiger partial charge on any atom is -0.379 e. The summed E-state index contributed by atoms with van der Waals surface area (Å²) < 4.78 is 21.4. The zero-order valence-electron chi connectivity index (χ0n) is 18.7. The minimum absolute atomic E-state index is 0.0779. The van der Waals surface area contributed by atoms with Gasteiger partial charge in [-0.1, -0.05) is 17.7 Å². The van der Waals surface area contributed by atoms with Gasteiger partial charge in [0, 0.05) is 50.0 Å². The minimum atomic E-state index is -0.432. The molecule has 9 heteroatoms. The van der Waals surface area contributed by atoms with Crippen molar-refractivity contribution in [1.29, 1.82) is 0 Å². The number of nitrogens with zero attached hydrogens (tertiary/aromatic N) is 4. The van der Waals surface area contributed by atoms with Crippen LogP contribution in [0.4, 0.5) is 4.39 Å². The molecule has 4 heterocycles. The first-order valence-corrected chi connectivity index (χ1v) is 12.3. The quantitative estimate of drug-likeness (QED) is 0.487. The molecule has 2 aliphatic heterocycles. The van der Waals surface area contributed by atoms with Crippen molar-refractivity contribution in [2.45, 2.75) is 18.5 Å². The molecule has 3 aromatic rings. The summed E-state index contributed by atoms with van der Waals surface area (Å²) in [6, 6.07) is 14.6. The van der Waals surface area contributed by atoms with Gasteiger partial charge in [-0.05, 0) is 61.1 Å². The predicted molar refractivity (Wildman–Crippen MR) is 135 cm³/mol. The lowest BCUT2D eigenvalue weighted by Crippen LogP contribution is -2.39. The maximum Gasteiger partial charge on any atom is 0.170 e. The van der Waals surface area contributed by atoms with Crippen molar-refractivity contribution in [2.24, 2.45) is 0 Å². The van der Waals surface area contributed by atoms with E-state index in [9.17, 15) is 4.39 Å². The van der Waals surface area contributed by atoms with Crippen LogP contribution >= 0.6 is 23.8 Å². The first-order chi connectivity index (χ1) is 16.6. The Hall–Kier alpha value is -2.52. The summed E-state index contributed by atoms with van der Waals surface area (Å²) >= 11 is 11.9. The second kappa shape index (κ2) is 10.4. The molecule has 2 atom stereocenters. The van der Waals surface area contributed by atoms with E-state index in [4.69, 9.17) is 28.6 Å². The molecule has 34 heavy (non-hydrogen) atoms. The van der Waals surface area contributed by atoms with Crippen LogP contribution in [0.15, 0.2) is 60.9 Å². The summed E-state index contributed by atoms with van der Waals surface area (Å²) in [6.45, 7) is 5.34. The summed E-state index contributed by atoms with van der Waals surface area (Å²) in [7, 11) is 0. The van der Waals surface area contributed by atoms with Crippen molar-refractivity contribution in [1.82, 2.24) is 24.7 Å². The molecule has 0 saturated carbocycles. The summed E-state index contributed by atoms with van der Waals surface area (Å²) in [5, 5.41) is 4.32. The highest BCUT2D eigenvalue weighted by Gasteiger charge is 2.41. The number of hydrogen-bond donors (Lipinski definition) is 1. The van der Waals surface area contributed by atoms with Gasteiger partial charge in [0.15, 0.2) is 5.11 Å². The molecule has 2 unspecified atom stereocenters. The van der Waals surface area contributed by atoms with Gasteiger partial charge in [0.2, 0.25) is 0 Å². The molecule has 0 radical (unpaired) electrons. The predicted octanol–water partition coefficient (Wildman–Crippen LogP) is 4.36. The van der Waals surface area contributed by atoms with Gasteiger partial charge in [0.1, 0.15) is 5.82 Å². The van der Waals surface area contributed by atoms with E-state index in [-0.39, 0.29) is 17.1 Å². The van der Waals surface area contributed by atoms with Crippen molar-refractivity contribution < 1.29 is 9.13 Å². The molecule has 1 aromatic carbocycles.